The summed E-state index contributed by atoms with van der Waals surface area (Å²) in [6, 6.07) is 8.71. The largest absolute Gasteiger partial charge is 0.481 e. The van der Waals surface area contributed by atoms with Gasteiger partial charge in [-0.3, -0.25) is 4.79 Å². The zero-order valence-corrected chi connectivity index (χ0v) is 20.5. The number of alkyl halides is 2. The molecule has 11 heteroatoms. The van der Waals surface area contributed by atoms with Crippen molar-refractivity contribution >= 4 is 17.6 Å². The highest BCUT2D eigenvalue weighted by Gasteiger charge is 2.50. The van der Waals surface area contributed by atoms with Crippen molar-refractivity contribution in [1.29, 1.82) is 0 Å². The van der Waals surface area contributed by atoms with Crippen LogP contribution in [0.25, 0.3) is 16.8 Å². The van der Waals surface area contributed by atoms with E-state index in [0.717, 1.165) is 33.7 Å². The number of nitrogens with zero attached hydrogens (tertiary/aromatic N) is 4. The number of imidazole rings is 1. The van der Waals surface area contributed by atoms with Crippen LogP contribution in [0.4, 0.5) is 14.7 Å². The minimum Gasteiger partial charge on any atom is -0.481 e. The number of nitrogens with one attached hydrogen (secondary N) is 1. The fourth-order valence-corrected chi connectivity index (χ4v) is 4.33. The van der Waals surface area contributed by atoms with Crippen LogP contribution in [0.3, 0.4) is 0 Å². The average Bonchev–Trinajstić information content (AvgIpc) is 3.58. The van der Waals surface area contributed by atoms with E-state index in [4.69, 9.17) is 4.74 Å². The average molecular weight is 511 g/mol. The highest BCUT2D eigenvalue weighted by molar-refractivity contribution is 5.78. The Balaban J connectivity index is 0.00000320. The smallest absolute Gasteiger partial charge is 0.387 e. The molecule has 5 rings (SSSR count). The monoisotopic (exact) mass is 510 g/mol. The molecule has 0 bridgehead atoms. The van der Waals surface area contributed by atoms with Crippen LogP contribution in [-0.2, 0) is 11.2 Å². The van der Waals surface area contributed by atoms with E-state index in [1.54, 1.807) is 30.6 Å². The molecule has 37 heavy (non-hydrogen) atoms. The Kier molecular flexibility index (Phi) is 7.08. The van der Waals surface area contributed by atoms with Gasteiger partial charge in [-0.2, -0.15) is 8.78 Å². The first kappa shape index (κ1) is 26.0. The highest BCUT2D eigenvalue weighted by Crippen LogP contribution is 2.45. The molecule has 1 aliphatic rings. The molecule has 0 amide bonds. The van der Waals surface area contributed by atoms with Crippen LogP contribution in [0.5, 0.6) is 5.75 Å². The van der Waals surface area contributed by atoms with Crippen LogP contribution >= 0.6 is 0 Å². The van der Waals surface area contributed by atoms with E-state index in [1.165, 1.54) is 6.07 Å². The Morgan fingerprint density at radius 2 is 1.92 bits per heavy atom. The van der Waals surface area contributed by atoms with E-state index >= 15 is 0 Å². The number of halogens is 2. The Hall–Kier alpha value is -4.12. The second-order valence-corrected chi connectivity index (χ2v) is 9.14. The first-order valence-corrected chi connectivity index (χ1v) is 11.6. The van der Waals surface area contributed by atoms with Crippen molar-refractivity contribution in [3.05, 3.63) is 71.4 Å². The Bertz CT molecular complexity index is 1430. The summed E-state index contributed by atoms with van der Waals surface area (Å²) in [5.41, 5.74) is 5.00. The van der Waals surface area contributed by atoms with Crippen LogP contribution in [-0.4, -0.2) is 43.6 Å². The predicted molar refractivity (Wildman–Crippen MR) is 134 cm³/mol. The molecular formula is C26H28F2N6O3. The number of para-hydroxylation sites is 1. The number of carboxylic acid groups (broad SMARTS) is 1. The fourth-order valence-electron chi connectivity index (χ4n) is 4.33. The van der Waals surface area contributed by atoms with Crippen molar-refractivity contribution in [2.75, 3.05) is 11.9 Å². The summed E-state index contributed by atoms with van der Waals surface area (Å²) in [5.74, 6) is -0.285. The molecule has 0 saturated heterocycles. The maximum atomic E-state index is 12.9. The molecule has 3 aromatic heterocycles. The van der Waals surface area contributed by atoms with E-state index < -0.39 is 18.0 Å². The van der Waals surface area contributed by atoms with Gasteiger partial charge in [0, 0.05) is 53.9 Å². The lowest BCUT2D eigenvalue weighted by molar-refractivity contribution is -0.142. The van der Waals surface area contributed by atoms with Gasteiger partial charge < -0.3 is 25.7 Å². The number of rotatable bonds is 9. The lowest BCUT2D eigenvalue weighted by Crippen LogP contribution is -2.24. The Morgan fingerprint density at radius 1 is 1.22 bits per heavy atom. The maximum Gasteiger partial charge on any atom is 0.387 e. The summed E-state index contributed by atoms with van der Waals surface area (Å²) in [7, 11) is 0. The van der Waals surface area contributed by atoms with Crippen molar-refractivity contribution in [3.8, 4) is 16.9 Å². The molecule has 1 fully saturated rings. The second-order valence-electron chi connectivity index (χ2n) is 9.14. The molecule has 1 aromatic carbocycles. The third kappa shape index (κ3) is 5.21. The molecule has 0 aliphatic heterocycles. The normalized spacial score (nSPS) is 13.9. The molecule has 4 aromatic rings. The summed E-state index contributed by atoms with van der Waals surface area (Å²) < 4.78 is 32.4. The predicted octanol–water partition coefficient (Wildman–Crippen LogP) is 5.04. The zero-order chi connectivity index (χ0) is 25.4. The summed E-state index contributed by atoms with van der Waals surface area (Å²) in [6.45, 7) is 1.25. The lowest BCUT2D eigenvalue weighted by atomic mass is 10.1. The zero-order valence-electron chi connectivity index (χ0n) is 20.5. The minimum absolute atomic E-state index is 0. The first-order chi connectivity index (χ1) is 17.3. The lowest BCUT2D eigenvalue weighted by Gasteiger charge is -2.13. The van der Waals surface area contributed by atoms with E-state index in [2.05, 4.69) is 20.3 Å². The number of hydrogen-bond acceptors (Lipinski definition) is 7. The molecule has 0 spiro atoms. The summed E-state index contributed by atoms with van der Waals surface area (Å²) in [4.78, 5) is 24.8. The van der Waals surface area contributed by atoms with Crippen molar-refractivity contribution in [2.24, 2.45) is 5.41 Å². The molecule has 9 nitrogen and oxygen atoms in total. The molecule has 0 unspecified atom stereocenters. The number of benzene rings is 1. The van der Waals surface area contributed by atoms with Crippen molar-refractivity contribution in [3.63, 3.8) is 0 Å². The molecule has 0 radical (unpaired) electrons. The van der Waals surface area contributed by atoms with E-state index in [1.807, 2.05) is 30.5 Å². The van der Waals surface area contributed by atoms with Gasteiger partial charge in [0.05, 0.1) is 11.1 Å². The summed E-state index contributed by atoms with van der Waals surface area (Å²) in [5, 5.41) is 12.4. The number of hydrogen-bond donors (Lipinski definition) is 3. The van der Waals surface area contributed by atoms with Crippen molar-refractivity contribution in [1.82, 2.24) is 25.5 Å². The molecule has 194 valence electrons. The first-order valence-electron chi connectivity index (χ1n) is 11.6. The summed E-state index contributed by atoms with van der Waals surface area (Å²) in [6.07, 6.45) is 7.00. The van der Waals surface area contributed by atoms with Gasteiger partial charge in [0.1, 0.15) is 11.4 Å². The van der Waals surface area contributed by atoms with Gasteiger partial charge >= 0.3 is 12.6 Å². The summed E-state index contributed by atoms with van der Waals surface area (Å²) >= 11 is 0. The molecule has 0 atom stereocenters. The number of aryl methyl sites for hydroxylation is 2. The van der Waals surface area contributed by atoms with Gasteiger partial charge in [0.25, 0.3) is 0 Å². The second kappa shape index (κ2) is 10.1. The van der Waals surface area contributed by atoms with Crippen LogP contribution in [0.15, 0.2) is 48.9 Å². The maximum absolute atomic E-state index is 12.9. The SMILES string of the molecule is Cc1cc2nc(C)c(Cc3ccccc3OC(F)F)n2cc1-c1cnc(NCC2(C(=O)O)CC2)nc1.N. The number of aromatic nitrogens is 4. The van der Waals surface area contributed by atoms with Crippen LogP contribution in [0, 0.1) is 19.3 Å². The van der Waals surface area contributed by atoms with Crippen molar-refractivity contribution < 1.29 is 23.4 Å². The molecule has 1 saturated carbocycles. The number of fused-ring (bicyclic) bond motifs is 1. The standard InChI is InChI=1S/C26H25F2N5O3.H3N/c1-15-9-22-32-16(2)20(10-17-5-3-4-6-21(17)36-24(27)28)33(22)13-19(15)18-11-29-25(30-12-18)31-14-26(7-8-26)23(34)35;/h3-6,9,11-13,24H,7-8,10,14H2,1-2H3,(H,34,35)(H,29,30,31);1H3. The number of carbonyl (C=O) groups is 1. The van der Waals surface area contributed by atoms with Gasteiger partial charge in [0.2, 0.25) is 5.95 Å². The number of carboxylic acids is 1. The third-order valence-electron chi connectivity index (χ3n) is 6.67. The topological polar surface area (TPSA) is 137 Å². The van der Waals surface area contributed by atoms with Crippen LogP contribution < -0.4 is 16.2 Å². The van der Waals surface area contributed by atoms with E-state index in [-0.39, 0.29) is 11.9 Å². The van der Waals surface area contributed by atoms with Crippen LogP contribution in [0.1, 0.15) is 35.4 Å². The Labute approximate surface area is 212 Å². The van der Waals surface area contributed by atoms with Crippen LogP contribution in [0.2, 0.25) is 0 Å². The van der Waals surface area contributed by atoms with Crippen molar-refractivity contribution in [2.45, 2.75) is 39.7 Å². The number of pyridine rings is 1. The van der Waals surface area contributed by atoms with Gasteiger partial charge in [-0.15, -0.1) is 0 Å². The minimum atomic E-state index is -2.90. The van der Waals surface area contributed by atoms with E-state index in [0.29, 0.717) is 37.3 Å². The van der Waals surface area contributed by atoms with Gasteiger partial charge in [-0.1, -0.05) is 18.2 Å². The highest BCUT2D eigenvalue weighted by atomic mass is 19.3. The Morgan fingerprint density at radius 3 is 2.57 bits per heavy atom. The van der Waals surface area contributed by atoms with Gasteiger partial charge in [-0.25, -0.2) is 15.0 Å². The molecule has 1 aliphatic carbocycles. The number of anilines is 1. The quantitative estimate of drug-likeness (QED) is 0.285. The molecule has 3 heterocycles. The number of ether oxygens (including phenoxy) is 1. The fraction of sp³-hybridized carbons (Fsp3) is 0.308. The number of aliphatic carboxylic acids is 1. The molecule has 5 N–H and O–H groups in total. The van der Waals surface area contributed by atoms with Gasteiger partial charge in [-0.05, 0) is 44.4 Å². The third-order valence-corrected chi connectivity index (χ3v) is 6.67. The molecular weight excluding hydrogens is 482 g/mol. The van der Waals surface area contributed by atoms with Gasteiger partial charge in [0.15, 0.2) is 0 Å². The van der Waals surface area contributed by atoms with E-state index in [9.17, 15) is 18.7 Å².